The minimum atomic E-state index is -3.83. The molecule has 10 heteroatoms. The average molecular weight is 544 g/mol. The highest BCUT2D eigenvalue weighted by molar-refractivity contribution is 7.92. The maximum absolute atomic E-state index is 13.9. The van der Waals surface area contributed by atoms with Gasteiger partial charge in [-0.2, -0.15) is 0 Å². The molecule has 0 saturated heterocycles. The first-order chi connectivity index (χ1) is 18.2. The molecule has 4 rings (SSSR count). The Morgan fingerprint density at radius 2 is 1.76 bits per heavy atom. The fraction of sp³-hybridized carbons (Fsp3) is 0.500. The lowest BCUT2D eigenvalue weighted by atomic mass is 9.95. The molecule has 0 aromatic heterocycles. The van der Waals surface area contributed by atoms with Gasteiger partial charge in [0.25, 0.3) is 0 Å². The normalized spacial score (nSPS) is 16.1. The maximum atomic E-state index is 13.9. The van der Waals surface area contributed by atoms with Gasteiger partial charge in [-0.1, -0.05) is 50.5 Å². The molecule has 0 radical (unpaired) electrons. The molecule has 2 amide bonds. The highest BCUT2D eigenvalue weighted by Gasteiger charge is 2.33. The van der Waals surface area contributed by atoms with E-state index < -0.39 is 28.5 Å². The zero-order chi connectivity index (χ0) is 27.3. The molecule has 1 heterocycles. The van der Waals surface area contributed by atoms with Crippen LogP contribution in [0.25, 0.3) is 0 Å². The predicted molar refractivity (Wildman–Crippen MR) is 146 cm³/mol. The minimum Gasteiger partial charge on any atom is -0.454 e. The average Bonchev–Trinajstić information content (AvgIpc) is 3.36. The van der Waals surface area contributed by atoms with Crippen LogP contribution in [0.1, 0.15) is 56.6 Å². The van der Waals surface area contributed by atoms with E-state index in [2.05, 4.69) is 5.32 Å². The number of hydrogen-bond acceptors (Lipinski definition) is 6. The third-order valence-corrected chi connectivity index (χ3v) is 8.40. The summed E-state index contributed by atoms with van der Waals surface area (Å²) < 4.78 is 37.5. The molecular formula is C28H37N3O6S. The lowest BCUT2D eigenvalue weighted by molar-refractivity contribution is -0.140. The Morgan fingerprint density at radius 1 is 1.05 bits per heavy atom. The number of benzene rings is 2. The SMILES string of the molecule is CCC(C(=O)NC1CCCCC1)N(Cc1ccccc1C)C(=O)CN(c1ccc2c(c1)OCO2)S(C)(=O)=O. The third-order valence-electron chi connectivity index (χ3n) is 7.26. The molecule has 1 unspecified atom stereocenters. The van der Waals surface area contributed by atoms with Crippen LogP contribution in [-0.2, 0) is 26.2 Å². The molecule has 0 spiro atoms. The van der Waals surface area contributed by atoms with E-state index in [0.717, 1.165) is 47.4 Å². The number of nitrogens with zero attached hydrogens (tertiary/aromatic N) is 2. The van der Waals surface area contributed by atoms with Crippen molar-refractivity contribution in [3.63, 3.8) is 0 Å². The zero-order valence-electron chi connectivity index (χ0n) is 22.3. The Balaban J connectivity index is 1.63. The van der Waals surface area contributed by atoms with E-state index >= 15 is 0 Å². The molecule has 1 aliphatic heterocycles. The summed E-state index contributed by atoms with van der Waals surface area (Å²) in [5, 5.41) is 3.15. The number of anilines is 1. The number of aryl methyl sites for hydroxylation is 1. The van der Waals surface area contributed by atoms with Crippen molar-refractivity contribution in [1.82, 2.24) is 10.2 Å². The molecule has 1 fully saturated rings. The summed E-state index contributed by atoms with van der Waals surface area (Å²) >= 11 is 0. The van der Waals surface area contributed by atoms with E-state index in [1.165, 1.54) is 11.3 Å². The number of rotatable bonds is 10. The molecule has 9 nitrogen and oxygen atoms in total. The maximum Gasteiger partial charge on any atom is 0.244 e. The van der Waals surface area contributed by atoms with Crippen LogP contribution in [0.5, 0.6) is 11.5 Å². The zero-order valence-corrected chi connectivity index (χ0v) is 23.1. The summed E-state index contributed by atoms with van der Waals surface area (Å²) in [5.41, 5.74) is 2.18. The van der Waals surface area contributed by atoms with Gasteiger partial charge in [0.15, 0.2) is 11.5 Å². The number of nitrogens with one attached hydrogen (secondary N) is 1. The van der Waals surface area contributed by atoms with Crippen molar-refractivity contribution < 1.29 is 27.5 Å². The first kappa shape index (κ1) is 27.8. The van der Waals surface area contributed by atoms with E-state index in [4.69, 9.17) is 9.47 Å². The van der Waals surface area contributed by atoms with Gasteiger partial charge >= 0.3 is 0 Å². The Kier molecular flexibility index (Phi) is 8.81. The standard InChI is InChI=1S/C28H37N3O6S/c1-4-24(28(33)29-22-12-6-5-7-13-22)30(17-21-11-9-8-10-20(21)2)27(32)18-31(38(3,34)35)23-14-15-25-26(16-23)37-19-36-25/h8-11,14-16,22,24H,4-7,12-13,17-19H2,1-3H3,(H,29,33). The quantitative estimate of drug-likeness (QED) is 0.490. The van der Waals surface area contributed by atoms with Crippen LogP contribution in [0.4, 0.5) is 5.69 Å². The molecule has 206 valence electrons. The van der Waals surface area contributed by atoms with Crippen molar-refractivity contribution >= 4 is 27.5 Å². The fourth-order valence-corrected chi connectivity index (χ4v) is 5.93. The second-order valence-electron chi connectivity index (χ2n) is 10.0. The third kappa shape index (κ3) is 6.59. The summed E-state index contributed by atoms with van der Waals surface area (Å²) in [5.74, 6) is 0.274. The molecule has 2 aromatic carbocycles. The highest BCUT2D eigenvalue weighted by atomic mass is 32.2. The Bertz CT molecular complexity index is 1260. The summed E-state index contributed by atoms with van der Waals surface area (Å²) in [6.07, 6.45) is 6.64. The van der Waals surface area contributed by atoms with Gasteiger partial charge in [0, 0.05) is 18.7 Å². The van der Waals surface area contributed by atoms with Crippen molar-refractivity contribution in [2.75, 3.05) is 23.9 Å². The molecule has 1 atom stereocenters. The second-order valence-corrected chi connectivity index (χ2v) is 11.9. The van der Waals surface area contributed by atoms with Crippen LogP contribution in [0.2, 0.25) is 0 Å². The van der Waals surface area contributed by atoms with Crippen LogP contribution in [0.15, 0.2) is 42.5 Å². The molecule has 38 heavy (non-hydrogen) atoms. The number of carbonyl (C=O) groups excluding carboxylic acids is 2. The predicted octanol–water partition coefficient (Wildman–Crippen LogP) is 3.75. The van der Waals surface area contributed by atoms with Gasteiger partial charge in [-0.3, -0.25) is 13.9 Å². The molecule has 1 aliphatic carbocycles. The fourth-order valence-electron chi connectivity index (χ4n) is 5.09. The number of hydrogen-bond donors (Lipinski definition) is 1. The van der Waals surface area contributed by atoms with Gasteiger partial charge in [-0.25, -0.2) is 8.42 Å². The Labute approximate surface area is 225 Å². The second kappa shape index (κ2) is 12.1. The van der Waals surface area contributed by atoms with E-state index in [9.17, 15) is 18.0 Å². The Morgan fingerprint density at radius 3 is 2.45 bits per heavy atom. The minimum absolute atomic E-state index is 0.0507. The van der Waals surface area contributed by atoms with E-state index in [1.54, 1.807) is 18.2 Å². The van der Waals surface area contributed by atoms with E-state index in [0.29, 0.717) is 23.6 Å². The number of sulfonamides is 1. The smallest absolute Gasteiger partial charge is 0.244 e. The molecule has 2 aromatic rings. The summed E-state index contributed by atoms with van der Waals surface area (Å²) in [7, 11) is -3.83. The van der Waals surface area contributed by atoms with Crippen LogP contribution >= 0.6 is 0 Å². The molecule has 2 aliphatic rings. The summed E-state index contributed by atoms with van der Waals surface area (Å²) in [6.45, 7) is 3.62. The first-order valence-corrected chi connectivity index (χ1v) is 15.0. The van der Waals surface area contributed by atoms with Gasteiger partial charge < -0.3 is 19.7 Å². The van der Waals surface area contributed by atoms with Crippen molar-refractivity contribution in [2.24, 2.45) is 0 Å². The van der Waals surface area contributed by atoms with Crippen LogP contribution in [-0.4, -0.2) is 56.8 Å². The molecule has 1 saturated carbocycles. The van der Waals surface area contributed by atoms with Crippen LogP contribution in [0.3, 0.4) is 0 Å². The lowest BCUT2D eigenvalue weighted by Gasteiger charge is -2.34. The number of ether oxygens (including phenoxy) is 2. The topological polar surface area (TPSA) is 105 Å². The van der Waals surface area contributed by atoms with Crippen molar-refractivity contribution in [1.29, 1.82) is 0 Å². The van der Waals surface area contributed by atoms with Gasteiger partial charge in [-0.05, 0) is 49.4 Å². The largest absolute Gasteiger partial charge is 0.454 e. The van der Waals surface area contributed by atoms with E-state index in [1.807, 2.05) is 38.1 Å². The van der Waals surface area contributed by atoms with Gasteiger partial charge in [-0.15, -0.1) is 0 Å². The number of amides is 2. The highest BCUT2D eigenvalue weighted by Crippen LogP contribution is 2.36. The molecule has 0 bridgehead atoms. The first-order valence-electron chi connectivity index (χ1n) is 13.2. The summed E-state index contributed by atoms with van der Waals surface area (Å²) in [4.78, 5) is 28.9. The van der Waals surface area contributed by atoms with Crippen LogP contribution < -0.4 is 19.1 Å². The summed E-state index contributed by atoms with van der Waals surface area (Å²) in [6, 6.07) is 11.8. The van der Waals surface area contributed by atoms with Crippen molar-refractivity contribution in [2.45, 2.75) is 71.0 Å². The van der Waals surface area contributed by atoms with Gasteiger partial charge in [0.2, 0.25) is 28.6 Å². The van der Waals surface area contributed by atoms with Crippen molar-refractivity contribution in [3.8, 4) is 11.5 Å². The molecular weight excluding hydrogens is 506 g/mol. The van der Waals surface area contributed by atoms with Crippen molar-refractivity contribution in [3.05, 3.63) is 53.6 Å². The Hall–Kier alpha value is -3.27. The lowest BCUT2D eigenvalue weighted by Crippen LogP contribution is -2.54. The number of carbonyl (C=O) groups is 2. The van der Waals surface area contributed by atoms with E-state index in [-0.39, 0.29) is 25.3 Å². The van der Waals surface area contributed by atoms with Gasteiger partial charge in [0.1, 0.15) is 12.6 Å². The number of fused-ring (bicyclic) bond motifs is 1. The van der Waals surface area contributed by atoms with Gasteiger partial charge in [0.05, 0.1) is 11.9 Å². The van der Waals surface area contributed by atoms with Crippen LogP contribution in [0, 0.1) is 6.92 Å². The monoisotopic (exact) mass is 543 g/mol. The molecule has 1 N–H and O–H groups in total.